The summed E-state index contributed by atoms with van der Waals surface area (Å²) in [5, 5.41) is 13.8. The first kappa shape index (κ1) is 13.0. The fraction of sp³-hybridized carbons (Fsp3) is 0.200. The van der Waals surface area contributed by atoms with E-state index in [4.69, 9.17) is 0 Å². The quantitative estimate of drug-likeness (QED) is 0.804. The largest absolute Gasteiger partial charge is 0.513 e. The van der Waals surface area contributed by atoms with Crippen molar-refractivity contribution < 1.29 is 5.11 Å². The molecule has 1 atom stereocenters. The maximum atomic E-state index is 9.31. The van der Waals surface area contributed by atoms with Gasteiger partial charge in [0.2, 0.25) is 0 Å². The number of aliphatic hydroxyl groups is 1. The molecule has 1 aromatic rings. The molecule has 0 saturated heterocycles. The lowest BCUT2D eigenvalue weighted by Crippen LogP contribution is -2.13. The highest BCUT2D eigenvalue weighted by atomic mass is 32.3. The number of hydrogen-bond acceptors (Lipinski definition) is 2. The van der Waals surface area contributed by atoms with Crippen LogP contribution in [0.2, 0.25) is 0 Å². The van der Waals surface area contributed by atoms with Crippen molar-refractivity contribution in [3.63, 3.8) is 0 Å². The van der Waals surface area contributed by atoms with Gasteiger partial charge in [-0.1, -0.05) is 30.3 Å². The molecule has 0 saturated carbocycles. The van der Waals surface area contributed by atoms with Gasteiger partial charge < -0.3 is 5.11 Å². The van der Waals surface area contributed by atoms with Crippen molar-refractivity contribution in [3.05, 3.63) is 64.6 Å². The van der Waals surface area contributed by atoms with E-state index >= 15 is 0 Å². The average Bonchev–Trinajstić information content (AvgIpc) is 2.83. The summed E-state index contributed by atoms with van der Waals surface area (Å²) in [5.74, 6) is 1.21. The zero-order chi connectivity index (χ0) is 13.0. The number of allylic oxidation sites excluding steroid dienone is 3. The van der Waals surface area contributed by atoms with Gasteiger partial charge in [-0.2, -0.15) is 0 Å². The number of hydrogen-bond donors (Lipinski definition) is 2. The van der Waals surface area contributed by atoms with Crippen LogP contribution >= 0.6 is 10.2 Å². The monoisotopic (exact) mass is 261 g/mol. The first-order valence-electron chi connectivity index (χ1n) is 5.96. The fourth-order valence-electron chi connectivity index (χ4n) is 1.87. The van der Waals surface area contributed by atoms with Crippen LogP contribution in [-0.4, -0.2) is 17.9 Å². The standard InChI is InChI=1S/C15H19NOS/c1-13(17)8-10-18(16-2)11-9-15(12-18)14-6-4-3-5-7-14/h3-9,11-12,16-17H,10H2,1-2H3. The molecule has 1 aliphatic heterocycles. The number of nitrogens with one attached hydrogen (secondary N) is 1. The van der Waals surface area contributed by atoms with Gasteiger partial charge in [0.25, 0.3) is 0 Å². The van der Waals surface area contributed by atoms with Crippen LogP contribution in [0.3, 0.4) is 0 Å². The first-order valence-corrected chi connectivity index (χ1v) is 7.88. The Morgan fingerprint density at radius 3 is 2.67 bits per heavy atom. The third-order valence-electron chi connectivity index (χ3n) is 2.97. The van der Waals surface area contributed by atoms with Crippen molar-refractivity contribution in [2.75, 3.05) is 12.8 Å². The lowest BCUT2D eigenvalue weighted by molar-refractivity contribution is 0.413. The van der Waals surface area contributed by atoms with Gasteiger partial charge in [-0.3, -0.25) is 4.72 Å². The highest BCUT2D eigenvalue weighted by Gasteiger charge is 2.20. The van der Waals surface area contributed by atoms with Crippen molar-refractivity contribution in [2.45, 2.75) is 6.92 Å². The van der Waals surface area contributed by atoms with E-state index in [2.05, 4.69) is 45.9 Å². The highest BCUT2D eigenvalue weighted by Crippen LogP contribution is 2.53. The van der Waals surface area contributed by atoms with E-state index in [1.54, 1.807) is 6.92 Å². The van der Waals surface area contributed by atoms with Crippen LogP contribution in [0.5, 0.6) is 0 Å². The molecule has 1 aliphatic rings. The molecule has 0 bridgehead atoms. The van der Waals surface area contributed by atoms with Gasteiger partial charge in [-0.15, -0.1) is 10.2 Å². The summed E-state index contributed by atoms with van der Waals surface area (Å²) in [6.45, 7) is 1.71. The smallest absolute Gasteiger partial charge is 0.0860 e. The summed E-state index contributed by atoms with van der Waals surface area (Å²) in [6, 6.07) is 10.4. The second kappa shape index (κ2) is 5.46. The molecule has 0 amide bonds. The summed E-state index contributed by atoms with van der Waals surface area (Å²) < 4.78 is 3.40. The molecule has 96 valence electrons. The molecule has 0 aliphatic carbocycles. The van der Waals surface area contributed by atoms with Crippen molar-refractivity contribution in [1.29, 1.82) is 0 Å². The van der Waals surface area contributed by atoms with Gasteiger partial charge in [-0.25, -0.2) is 0 Å². The maximum absolute atomic E-state index is 9.31. The van der Waals surface area contributed by atoms with Crippen LogP contribution in [0.4, 0.5) is 0 Å². The zero-order valence-electron chi connectivity index (χ0n) is 10.8. The minimum atomic E-state index is -1.12. The molecule has 2 rings (SSSR count). The number of aliphatic hydroxyl groups excluding tert-OH is 1. The second-order valence-electron chi connectivity index (χ2n) is 4.31. The van der Waals surface area contributed by atoms with Gasteiger partial charge in [0.1, 0.15) is 0 Å². The molecule has 2 nitrogen and oxygen atoms in total. The summed E-state index contributed by atoms with van der Waals surface area (Å²) in [4.78, 5) is 0. The van der Waals surface area contributed by atoms with Crippen LogP contribution in [-0.2, 0) is 0 Å². The molecular weight excluding hydrogens is 242 g/mol. The molecule has 3 heteroatoms. The molecule has 18 heavy (non-hydrogen) atoms. The molecule has 0 fully saturated rings. The number of benzene rings is 1. The third kappa shape index (κ3) is 2.86. The predicted octanol–water partition coefficient (Wildman–Crippen LogP) is 3.96. The topological polar surface area (TPSA) is 32.3 Å². The van der Waals surface area contributed by atoms with E-state index < -0.39 is 10.2 Å². The fourth-order valence-corrected chi connectivity index (χ4v) is 4.15. The summed E-state index contributed by atoms with van der Waals surface area (Å²) in [6.07, 6.45) is 4.04. The Kier molecular flexibility index (Phi) is 3.94. The van der Waals surface area contributed by atoms with Crippen molar-refractivity contribution >= 4 is 15.8 Å². The Balaban J connectivity index is 2.25. The minimum absolute atomic E-state index is 0.382. The van der Waals surface area contributed by atoms with Crippen molar-refractivity contribution in [1.82, 2.24) is 4.72 Å². The molecule has 2 N–H and O–H groups in total. The third-order valence-corrected chi connectivity index (χ3v) is 5.74. The maximum Gasteiger partial charge on any atom is 0.0860 e. The first-order chi connectivity index (χ1) is 8.65. The Hall–Kier alpha value is -1.45. The molecule has 0 radical (unpaired) electrons. The van der Waals surface area contributed by atoms with Crippen LogP contribution in [0.15, 0.2) is 59.1 Å². The molecular formula is C15H19NOS. The molecule has 0 spiro atoms. The zero-order valence-corrected chi connectivity index (χ0v) is 11.6. The Morgan fingerprint density at radius 1 is 1.33 bits per heavy atom. The van der Waals surface area contributed by atoms with Gasteiger partial charge in [0.05, 0.1) is 5.76 Å². The van der Waals surface area contributed by atoms with Crippen LogP contribution in [0.25, 0.3) is 5.57 Å². The summed E-state index contributed by atoms with van der Waals surface area (Å²) in [5.41, 5.74) is 2.49. The van der Waals surface area contributed by atoms with E-state index in [1.165, 1.54) is 11.1 Å². The normalized spacial score (nSPS) is 26.8. The highest BCUT2D eigenvalue weighted by molar-refractivity contribution is 8.37. The van der Waals surface area contributed by atoms with Gasteiger partial charge in [0.15, 0.2) is 0 Å². The van der Waals surface area contributed by atoms with Crippen LogP contribution in [0.1, 0.15) is 12.5 Å². The van der Waals surface area contributed by atoms with Crippen molar-refractivity contribution in [2.24, 2.45) is 0 Å². The molecule has 0 aromatic heterocycles. The predicted molar refractivity (Wildman–Crippen MR) is 81.5 cm³/mol. The SMILES string of the molecule is CNS1(CC=C(C)O)C=CC(c2ccccc2)=C1. The van der Waals surface area contributed by atoms with Gasteiger partial charge in [0, 0.05) is 5.75 Å². The summed E-state index contributed by atoms with van der Waals surface area (Å²) >= 11 is 0. The Labute approximate surface area is 110 Å². The van der Waals surface area contributed by atoms with Gasteiger partial charge in [-0.05, 0) is 48.1 Å². The number of rotatable bonds is 4. The van der Waals surface area contributed by atoms with Crippen LogP contribution in [0, 0.1) is 0 Å². The average molecular weight is 261 g/mol. The molecule has 1 unspecified atom stereocenters. The molecule has 1 aromatic carbocycles. The lowest BCUT2D eigenvalue weighted by Gasteiger charge is -2.29. The van der Waals surface area contributed by atoms with Gasteiger partial charge >= 0.3 is 0 Å². The van der Waals surface area contributed by atoms with E-state index in [0.29, 0.717) is 5.76 Å². The Bertz CT molecular complexity index is 500. The van der Waals surface area contributed by atoms with E-state index in [1.807, 2.05) is 19.2 Å². The second-order valence-corrected chi connectivity index (χ2v) is 7.26. The van der Waals surface area contributed by atoms with E-state index in [0.717, 1.165) is 5.75 Å². The molecule has 1 heterocycles. The summed E-state index contributed by atoms with van der Waals surface area (Å²) in [7, 11) is 0.856. The lowest BCUT2D eigenvalue weighted by atomic mass is 10.1. The Morgan fingerprint density at radius 2 is 2.06 bits per heavy atom. The minimum Gasteiger partial charge on any atom is -0.513 e. The van der Waals surface area contributed by atoms with Crippen molar-refractivity contribution in [3.8, 4) is 0 Å². The van der Waals surface area contributed by atoms with E-state index in [9.17, 15) is 5.11 Å². The van der Waals surface area contributed by atoms with Crippen LogP contribution < -0.4 is 4.72 Å². The van der Waals surface area contributed by atoms with E-state index in [-0.39, 0.29) is 0 Å².